The molecule has 0 bridgehead atoms. The summed E-state index contributed by atoms with van der Waals surface area (Å²) in [6.07, 6.45) is -3.44. The van der Waals surface area contributed by atoms with Gasteiger partial charge < -0.3 is 10.6 Å². The molecule has 0 radical (unpaired) electrons. The number of carbonyl (C=O) groups is 1. The number of nitrogens with zero attached hydrogens (tertiary/aromatic N) is 1. The normalized spacial score (nSPS) is 11.4. The fraction of sp³-hybridized carbons (Fsp3) is 0.462. The topological polar surface area (TPSA) is 46.3 Å². The lowest BCUT2D eigenvalue weighted by Crippen LogP contribution is -2.40. The quantitative estimate of drug-likeness (QED) is 0.669. The van der Waals surface area contributed by atoms with Gasteiger partial charge in [0.05, 0.1) is 11.3 Å². The highest BCUT2D eigenvalue weighted by molar-refractivity contribution is 5.99. The minimum absolute atomic E-state index is 0.0508. The number of anilines is 1. The fourth-order valence-electron chi connectivity index (χ4n) is 1.71. The second kappa shape index (κ2) is 6.58. The van der Waals surface area contributed by atoms with Crippen molar-refractivity contribution in [1.29, 1.82) is 0 Å². The molecule has 3 nitrogen and oxygen atoms in total. The Morgan fingerprint density at radius 1 is 1.35 bits per heavy atom. The van der Waals surface area contributed by atoms with E-state index in [9.17, 15) is 22.4 Å². The molecule has 20 heavy (non-hydrogen) atoms. The van der Waals surface area contributed by atoms with Crippen LogP contribution in [-0.2, 0) is 0 Å². The van der Waals surface area contributed by atoms with Gasteiger partial charge in [-0.15, -0.1) is 0 Å². The van der Waals surface area contributed by atoms with Crippen molar-refractivity contribution in [3.05, 3.63) is 29.6 Å². The summed E-state index contributed by atoms with van der Waals surface area (Å²) in [6.45, 7) is 0.374. The van der Waals surface area contributed by atoms with Gasteiger partial charge in [0.2, 0.25) is 0 Å². The van der Waals surface area contributed by atoms with Gasteiger partial charge in [0.15, 0.2) is 0 Å². The van der Waals surface area contributed by atoms with Crippen molar-refractivity contribution in [2.75, 3.05) is 18.8 Å². The van der Waals surface area contributed by atoms with E-state index in [-0.39, 0.29) is 12.1 Å². The van der Waals surface area contributed by atoms with Crippen molar-refractivity contribution in [3.63, 3.8) is 0 Å². The molecule has 0 fully saturated rings. The SMILES string of the molecule is CCCCN(CC(F)(F)F)C(=O)c1cccc(F)c1N. The Labute approximate surface area is 114 Å². The van der Waals surface area contributed by atoms with Crippen molar-refractivity contribution in [3.8, 4) is 0 Å². The van der Waals surface area contributed by atoms with Crippen LogP contribution in [0, 0.1) is 5.82 Å². The number of para-hydroxylation sites is 1. The molecule has 1 aromatic carbocycles. The number of amides is 1. The number of carbonyl (C=O) groups excluding carboxylic acids is 1. The van der Waals surface area contributed by atoms with Crippen molar-refractivity contribution < 1.29 is 22.4 Å². The molecule has 0 aliphatic carbocycles. The van der Waals surface area contributed by atoms with Crippen molar-refractivity contribution in [2.24, 2.45) is 0 Å². The summed E-state index contributed by atoms with van der Waals surface area (Å²) < 4.78 is 50.7. The summed E-state index contributed by atoms with van der Waals surface area (Å²) >= 11 is 0. The van der Waals surface area contributed by atoms with Gasteiger partial charge in [0, 0.05) is 6.54 Å². The molecule has 0 unspecified atom stereocenters. The zero-order chi connectivity index (χ0) is 15.3. The Hall–Kier alpha value is -1.79. The van der Waals surface area contributed by atoms with Crippen LogP contribution in [0.25, 0.3) is 0 Å². The van der Waals surface area contributed by atoms with Crippen LogP contribution >= 0.6 is 0 Å². The van der Waals surface area contributed by atoms with Gasteiger partial charge in [-0.05, 0) is 18.6 Å². The van der Waals surface area contributed by atoms with E-state index in [0.29, 0.717) is 17.7 Å². The van der Waals surface area contributed by atoms with Gasteiger partial charge in [-0.25, -0.2) is 4.39 Å². The first-order chi connectivity index (χ1) is 9.26. The molecule has 7 heteroatoms. The summed E-state index contributed by atoms with van der Waals surface area (Å²) in [5, 5.41) is 0. The summed E-state index contributed by atoms with van der Waals surface area (Å²) in [7, 11) is 0. The van der Waals surface area contributed by atoms with E-state index in [2.05, 4.69) is 0 Å². The summed E-state index contributed by atoms with van der Waals surface area (Å²) in [5.41, 5.74) is 4.74. The maximum atomic E-state index is 13.3. The molecule has 0 spiro atoms. The number of rotatable bonds is 5. The summed E-state index contributed by atoms with van der Waals surface area (Å²) in [5.74, 6) is -1.73. The molecule has 2 N–H and O–H groups in total. The number of hydrogen-bond donors (Lipinski definition) is 1. The van der Waals surface area contributed by atoms with Gasteiger partial charge in [-0.2, -0.15) is 13.2 Å². The van der Waals surface area contributed by atoms with Crippen molar-refractivity contribution >= 4 is 11.6 Å². The fourth-order valence-corrected chi connectivity index (χ4v) is 1.71. The first kappa shape index (κ1) is 16.3. The first-order valence-electron chi connectivity index (χ1n) is 6.16. The Kier molecular flexibility index (Phi) is 5.35. The van der Waals surface area contributed by atoms with Gasteiger partial charge in [0.25, 0.3) is 5.91 Å². The highest BCUT2D eigenvalue weighted by atomic mass is 19.4. The molecular formula is C13H16F4N2O. The molecule has 0 atom stereocenters. The average molecular weight is 292 g/mol. The number of nitrogens with two attached hydrogens (primary N) is 1. The van der Waals surface area contributed by atoms with Gasteiger partial charge in [0.1, 0.15) is 12.4 Å². The van der Waals surface area contributed by atoms with Crippen LogP contribution in [0.4, 0.5) is 23.2 Å². The predicted octanol–water partition coefficient (Wildman–Crippen LogP) is 3.21. The van der Waals surface area contributed by atoms with Crippen LogP contribution in [0.15, 0.2) is 18.2 Å². The number of nitrogen functional groups attached to an aromatic ring is 1. The number of hydrogen-bond acceptors (Lipinski definition) is 2. The minimum atomic E-state index is -4.51. The molecule has 0 aliphatic heterocycles. The molecule has 1 amide bonds. The van der Waals surface area contributed by atoms with E-state index >= 15 is 0 Å². The van der Waals surface area contributed by atoms with Crippen LogP contribution in [0.1, 0.15) is 30.1 Å². The first-order valence-corrected chi connectivity index (χ1v) is 6.16. The third kappa shape index (κ3) is 4.40. The lowest BCUT2D eigenvalue weighted by atomic mass is 10.1. The van der Waals surface area contributed by atoms with E-state index in [1.807, 2.05) is 0 Å². The van der Waals surface area contributed by atoms with Gasteiger partial charge >= 0.3 is 6.18 Å². The Morgan fingerprint density at radius 3 is 2.55 bits per heavy atom. The largest absolute Gasteiger partial charge is 0.406 e. The molecule has 0 aromatic heterocycles. The Bertz CT molecular complexity index is 474. The Morgan fingerprint density at radius 2 is 2.00 bits per heavy atom. The van der Waals surface area contributed by atoms with Crippen LogP contribution in [0.2, 0.25) is 0 Å². The molecule has 0 saturated heterocycles. The van der Waals surface area contributed by atoms with Gasteiger partial charge in [-0.3, -0.25) is 4.79 Å². The molecule has 0 heterocycles. The number of benzene rings is 1. The standard InChI is InChI=1S/C13H16F4N2O/c1-2-3-7-19(8-13(15,16)17)12(20)9-5-4-6-10(14)11(9)18/h4-6H,2-3,7-8,18H2,1H3. The maximum Gasteiger partial charge on any atom is 0.406 e. The van der Waals surface area contributed by atoms with E-state index in [1.54, 1.807) is 6.92 Å². The van der Waals surface area contributed by atoms with Crippen molar-refractivity contribution in [2.45, 2.75) is 25.9 Å². The monoisotopic (exact) mass is 292 g/mol. The van der Waals surface area contributed by atoms with Crippen LogP contribution in [-0.4, -0.2) is 30.1 Å². The van der Waals surface area contributed by atoms with Crippen LogP contribution in [0.3, 0.4) is 0 Å². The molecule has 0 saturated carbocycles. The zero-order valence-electron chi connectivity index (χ0n) is 11.0. The van der Waals surface area contributed by atoms with E-state index in [1.165, 1.54) is 12.1 Å². The average Bonchev–Trinajstić information content (AvgIpc) is 2.35. The summed E-state index contributed by atoms with van der Waals surface area (Å²) in [4.78, 5) is 12.7. The van der Waals surface area contributed by atoms with Gasteiger partial charge in [-0.1, -0.05) is 19.4 Å². The second-order valence-electron chi connectivity index (χ2n) is 4.40. The van der Waals surface area contributed by atoms with E-state index in [4.69, 9.17) is 5.73 Å². The maximum absolute atomic E-state index is 13.3. The molecule has 0 aliphatic rings. The highest BCUT2D eigenvalue weighted by Crippen LogP contribution is 2.22. The number of halogens is 4. The molecule has 112 valence electrons. The molecular weight excluding hydrogens is 276 g/mol. The third-order valence-corrected chi connectivity index (χ3v) is 2.72. The van der Waals surface area contributed by atoms with E-state index < -0.39 is 30.1 Å². The Balaban J connectivity index is 3.00. The van der Waals surface area contributed by atoms with Crippen LogP contribution in [0.5, 0.6) is 0 Å². The smallest absolute Gasteiger partial charge is 0.396 e. The van der Waals surface area contributed by atoms with E-state index in [0.717, 1.165) is 6.07 Å². The summed E-state index contributed by atoms with van der Waals surface area (Å²) in [6, 6.07) is 3.51. The predicted molar refractivity (Wildman–Crippen MR) is 67.7 cm³/mol. The highest BCUT2D eigenvalue weighted by Gasteiger charge is 2.33. The zero-order valence-corrected chi connectivity index (χ0v) is 11.0. The molecule has 1 aromatic rings. The lowest BCUT2D eigenvalue weighted by molar-refractivity contribution is -0.140. The van der Waals surface area contributed by atoms with Crippen molar-refractivity contribution in [1.82, 2.24) is 4.90 Å². The lowest BCUT2D eigenvalue weighted by Gasteiger charge is -2.24. The molecule has 1 rings (SSSR count). The number of alkyl halides is 3. The third-order valence-electron chi connectivity index (χ3n) is 2.72. The van der Waals surface area contributed by atoms with Crippen LogP contribution < -0.4 is 5.73 Å². The minimum Gasteiger partial charge on any atom is -0.396 e. The second-order valence-corrected chi connectivity index (χ2v) is 4.40. The number of unbranched alkanes of at least 4 members (excludes halogenated alkanes) is 1.